The lowest BCUT2D eigenvalue weighted by Gasteiger charge is -2.37. The summed E-state index contributed by atoms with van der Waals surface area (Å²) in [6, 6.07) is 29.0. The number of fused-ring (bicyclic) bond motifs is 6. The number of hydroxylamine groups is 2. The number of rotatable bonds is 4. The molecule has 5 aromatic rings. The van der Waals surface area contributed by atoms with Gasteiger partial charge in [-0.2, -0.15) is 5.06 Å². The molecule has 36 heavy (non-hydrogen) atoms. The minimum atomic E-state index is -0.00791. The van der Waals surface area contributed by atoms with Gasteiger partial charge in [0.25, 0.3) is 0 Å². The molecule has 4 aromatic carbocycles. The summed E-state index contributed by atoms with van der Waals surface area (Å²) >= 11 is 0. The molecule has 7 rings (SSSR count). The maximum absolute atomic E-state index is 6.91. The van der Waals surface area contributed by atoms with E-state index in [4.69, 9.17) is 4.84 Å². The van der Waals surface area contributed by atoms with Gasteiger partial charge in [0.15, 0.2) is 0 Å². The molecule has 0 bridgehead atoms. The van der Waals surface area contributed by atoms with Crippen molar-refractivity contribution in [1.29, 1.82) is 0 Å². The SMILES string of the molecule is c1cnc2cc(C(ON3CCCCC3)C3CCCc4c3ccc3c4ccc4ccccc43)ccc2c1. The summed E-state index contributed by atoms with van der Waals surface area (Å²) in [7, 11) is 0. The van der Waals surface area contributed by atoms with Gasteiger partial charge in [-0.3, -0.25) is 9.82 Å². The van der Waals surface area contributed by atoms with Crippen molar-refractivity contribution >= 4 is 32.4 Å². The first-order chi connectivity index (χ1) is 17.8. The fourth-order valence-electron chi connectivity index (χ4n) is 6.52. The van der Waals surface area contributed by atoms with Gasteiger partial charge < -0.3 is 0 Å². The van der Waals surface area contributed by atoms with Crippen molar-refractivity contribution in [2.24, 2.45) is 0 Å². The van der Waals surface area contributed by atoms with Crippen molar-refractivity contribution in [3.63, 3.8) is 0 Å². The highest BCUT2D eigenvalue weighted by Gasteiger charge is 2.33. The van der Waals surface area contributed by atoms with Crippen molar-refractivity contribution in [3.8, 4) is 0 Å². The molecule has 180 valence electrons. The number of aromatic nitrogens is 1. The van der Waals surface area contributed by atoms with Crippen LogP contribution in [0, 0.1) is 0 Å². The Morgan fingerprint density at radius 3 is 2.53 bits per heavy atom. The van der Waals surface area contributed by atoms with Crippen molar-refractivity contribution < 1.29 is 4.84 Å². The molecule has 0 amide bonds. The molecule has 2 aliphatic rings. The Labute approximate surface area is 212 Å². The first kappa shape index (κ1) is 22.0. The number of aryl methyl sites for hydroxylation is 1. The van der Waals surface area contributed by atoms with E-state index >= 15 is 0 Å². The second-order valence-corrected chi connectivity index (χ2v) is 10.5. The molecule has 1 aliphatic heterocycles. The molecule has 3 nitrogen and oxygen atoms in total. The molecule has 3 heteroatoms. The van der Waals surface area contributed by atoms with Gasteiger partial charge in [0, 0.05) is 30.6 Å². The maximum atomic E-state index is 6.91. The molecular formula is C33H32N2O. The summed E-state index contributed by atoms with van der Waals surface area (Å²) < 4.78 is 0. The minimum Gasteiger partial charge on any atom is -0.290 e. The molecule has 2 heterocycles. The van der Waals surface area contributed by atoms with E-state index in [1.54, 1.807) is 0 Å². The lowest BCUT2D eigenvalue weighted by molar-refractivity contribution is -0.215. The third-order valence-corrected chi connectivity index (χ3v) is 8.32. The van der Waals surface area contributed by atoms with Crippen LogP contribution >= 0.6 is 0 Å². The Morgan fingerprint density at radius 2 is 1.58 bits per heavy atom. The first-order valence-electron chi connectivity index (χ1n) is 13.5. The fourth-order valence-corrected chi connectivity index (χ4v) is 6.52. The van der Waals surface area contributed by atoms with Crippen LogP contribution < -0.4 is 0 Å². The predicted molar refractivity (Wildman–Crippen MR) is 148 cm³/mol. The average Bonchev–Trinajstić information content (AvgIpc) is 2.95. The summed E-state index contributed by atoms with van der Waals surface area (Å²) in [4.78, 5) is 11.6. The van der Waals surface area contributed by atoms with E-state index in [9.17, 15) is 0 Å². The Morgan fingerprint density at radius 1 is 0.750 bits per heavy atom. The highest BCUT2D eigenvalue weighted by Crippen LogP contribution is 2.46. The van der Waals surface area contributed by atoms with Gasteiger partial charge in [0.05, 0.1) is 5.52 Å². The van der Waals surface area contributed by atoms with Gasteiger partial charge in [-0.1, -0.05) is 73.2 Å². The van der Waals surface area contributed by atoms with Crippen LogP contribution in [0.15, 0.2) is 85.1 Å². The van der Waals surface area contributed by atoms with Crippen molar-refractivity contribution in [3.05, 3.63) is 102 Å². The van der Waals surface area contributed by atoms with Crippen LogP contribution in [0.25, 0.3) is 32.4 Å². The smallest absolute Gasteiger partial charge is 0.111 e. The van der Waals surface area contributed by atoms with E-state index in [1.165, 1.54) is 69.3 Å². The van der Waals surface area contributed by atoms with Crippen LogP contribution in [0.2, 0.25) is 0 Å². The van der Waals surface area contributed by atoms with E-state index in [0.717, 1.165) is 31.4 Å². The van der Waals surface area contributed by atoms with E-state index in [0.29, 0.717) is 5.92 Å². The largest absolute Gasteiger partial charge is 0.290 e. The van der Waals surface area contributed by atoms with Crippen LogP contribution in [0.1, 0.15) is 60.8 Å². The summed E-state index contributed by atoms with van der Waals surface area (Å²) in [6.07, 6.45) is 9.08. The lowest BCUT2D eigenvalue weighted by Crippen LogP contribution is -2.34. The van der Waals surface area contributed by atoms with Gasteiger partial charge in [0.2, 0.25) is 0 Å². The van der Waals surface area contributed by atoms with Crippen molar-refractivity contribution in [1.82, 2.24) is 10.0 Å². The summed E-state index contributed by atoms with van der Waals surface area (Å²) in [6.45, 7) is 2.04. The van der Waals surface area contributed by atoms with Gasteiger partial charge in [-0.25, -0.2) is 0 Å². The molecule has 2 unspecified atom stereocenters. The summed E-state index contributed by atoms with van der Waals surface area (Å²) in [5.41, 5.74) is 5.26. The Hall–Kier alpha value is -3.27. The molecule has 1 aliphatic carbocycles. The highest BCUT2D eigenvalue weighted by molar-refractivity contribution is 6.08. The second-order valence-electron chi connectivity index (χ2n) is 10.5. The molecule has 1 fully saturated rings. The molecule has 0 spiro atoms. The Bertz CT molecular complexity index is 1550. The van der Waals surface area contributed by atoms with E-state index in [2.05, 4.69) is 82.8 Å². The predicted octanol–water partition coefficient (Wildman–Crippen LogP) is 8.12. The van der Waals surface area contributed by atoms with Crippen molar-refractivity contribution in [2.45, 2.75) is 50.5 Å². The van der Waals surface area contributed by atoms with Crippen LogP contribution in [-0.2, 0) is 11.3 Å². The highest BCUT2D eigenvalue weighted by atomic mass is 16.7. The lowest BCUT2D eigenvalue weighted by atomic mass is 9.76. The Kier molecular flexibility index (Phi) is 5.68. The topological polar surface area (TPSA) is 25.4 Å². The van der Waals surface area contributed by atoms with Gasteiger partial charge in [-0.15, -0.1) is 0 Å². The van der Waals surface area contributed by atoms with Crippen LogP contribution in [0.4, 0.5) is 0 Å². The molecule has 1 saturated heterocycles. The third-order valence-electron chi connectivity index (χ3n) is 8.32. The van der Waals surface area contributed by atoms with Gasteiger partial charge in [-0.05, 0) is 82.5 Å². The summed E-state index contributed by atoms with van der Waals surface area (Å²) in [5.74, 6) is 0.327. The fraction of sp³-hybridized carbons (Fsp3) is 0.303. The van der Waals surface area contributed by atoms with E-state index in [1.807, 2.05) is 12.3 Å². The summed E-state index contributed by atoms with van der Waals surface area (Å²) in [5, 5.41) is 8.86. The van der Waals surface area contributed by atoms with Crippen LogP contribution in [0.3, 0.4) is 0 Å². The zero-order chi connectivity index (χ0) is 23.9. The molecule has 0 N–H and O–H groups in total. The number of hydrogen-bond donors (Lipinski definition) is 0. The maximum Gasteiger partial charge on any atom is 0.111 e. The number of piperidine rings is 1. The zero-order valence-electron chi connectivity index (χ0n) is 20.7. The van der Waals surface area contributed by atoms with E-state index in [-0.39, 0.29) is 6.10 Å². The van der Waals surface area contributed by atoms with E-state index < -0.39 is 0 Å². The minimum absolute atomic E-state index is 0.00791. The number of hydrogen-bond acceptors (Lipinski definition) is 3. The standard InChI is InChI=1S/C33H32N2O/c1-4-20-35(21-5-1)36-33(25-14-13-24-9-7-19-34-32(24)22-25)31-12-6-11-27-29-16-15-23-8-2-3-10-26(23)28(29)17-18-30(27)31/h2-3,7-10,13-19,22,31,33H,1,4-6,11-12,20-21H2. The van der Waals surface area contributed by atoms with Gasteiger partial charge >= 0.3 is 0 Å². The molecular weight excluding hydrogens is 440 g/mol. The molecule has 1 aromatic heterocycles. The molecule has 0 radical (unpaired) electrons. The number of pyridine rings is 1. The monoisotopic (exact) mass is 472 g/mol. The normalized spacial score (nSPS) is 19.5. The van der Waals surface area contributed by atoms with Crippen LogP contribution in [0.5, 0.6) is 0 Å². The van der Waals surface area contributed by atoms with Crippen LogP contribution in [-0.4, -0.2) is 23.1 Å². The third kappa shape index (κ3) is 3.87. The average molecular weight is 473 g/mol. The quantitative estimate of drug-likeness (QED) is 0.247. The second kappa shape index (κ2) is 9.31. The first-order valence-corrected chi connectivity index (χ1v) is 13.5. The van der Waals surface area contributed by atoms with Crippen molar-refractivity contribution in [2.75, 3.05) is 13.1 Å². The number of nitrogens with zero attached hydrogens (tertiary/aromatic N) is 2. The Balaban J connectivity index is 1.35. The zero-order valence-corrected chi connectivity index (χ0v) is 20.7. The molecule has 2 atom stereocenters. The molecule has 0 saturated carbocycles. The van der Waals surface area contributed by atoms with Gasteiger partial charge in [0.1, 0.15) is 6.10 Å². The number of benzene rings is 4.